The Morgan fingerprint density at radius 2 is 1.74 bits per heavy atom. The van der Waals surface area contributed by atoms with E-state index in [-0.39, 0.29) is 6.04 Å². The number of likely N-dealkylation sites (N-methyl/N-ethyl adjacent to an activating group) is 1. The first-order valence-electron chi connectivity index (χ1n) is 5.97. The fraction of sp³-hybridized carbons (Fsp3) is 0.200. The van der Waals surface area contributed by atoms with Crippen LogP contribution in [0.5, 0.6) is 0 Å². The van der Waals surface area contributed by atoms with Gasteiger partial charge in [-0.1, -0.05) is 41.4 Å². The number of hydrogen-bond acceptors (Lipinski definition) is 1. The highest BCUT2D eigenvalue weighted by atomic mass is 127. The fourth-order valence-corrected chi connectivity index (χ4v) is 2.66. The van der Waals surface area contributed by atoms with Gasteiger partial charge in [0, 0.05) is 9.61 Å². The van der Waals surface area contributed by atoms with Crippen molar-refractivity contribution in [1.29, 1.82) is 0 Å². The van der Waals surface area contributed by atoms with Gasteiger partial charge in [0.15, 0.2) is 0 Å². The zero-order valence-corrected chi connectivity index (χ0v) is 14.1. The highest BCUT2D eigenvalue weighted by molar-refractivity contribution is 14.1. The SMILES string of the molecule is CNC(Cc1ccc(Cl)c(Cl)c1)c1ccc(I)cc1. The number of nitrogens with one attached hydrogen (secondary N) is 1. The molecule has 0 radical (unpaired) electrons. The predicted molar refractivity (Wildman–Crippen MR) is 91.1 cm³/mol. The summed E-state index contributed by atoms with van der Waals surface area (Å²) >= 11 is 14.3. The average molecular weight is 406 g/mol. The lowest BCUT2D eigenvalue weighted by Gasteiger charge is -2.17. The highest BCUT2D eigenvalue weighted by Crippen LogP contribution is 2.25. The van der Waals surface area contributed by atoms with E-state index in [1.807, 2.05) is 25.2 Å². The predicted octanol–water partition coefficient (Wildman–Crippen LogP) is 5.10. The van der Waals surface area contributed by atoms with Gasteiger partial charge in [-0.05, 0) is 71.5 Å². The van der Waals surface area contributed by atoms with Crippen LogP contribution in [0.1, 0.15) is 17.2 Å². The second-order valence-corrected chi connectivity index (χ2v) is 6.41. The number of hydrogen-bond donors (Lipinski definition) is 1. The monoisotopic (exact) mass is 405 g/mol. The zero-order chi connectivity index (χ0) is 13.8. The molecule has 2 aromatic rings. The van der Waals surface area contributed by atoms with Crippen molar-refractivity contribution in [2.45, 2.75) is 12.5 Å². The summed E-state index contributed by atoms with van der Waals surface area (Å²) in [6, 6.07) is 14.6. The second kappa shape index (κ2) is 6.93. The van der Waals surface area contributed by atoms with E-state index in [0.29, 0.717) is 10.0 Å². The Balaban J connectivity index is 2.18. The summed E-state index contributed by atoms with van der Waals surface area (Å²) in [6.45, 7) is 0. The van der Waals surface area contributed by atoms with Crippen LogP contribution in [-0.2, 0) is 6.42 Å². The molecule has 0 saturated heterocycles. The standard InChI is InChI=1S/C15H14Cl2IN/c1-19-15(11-3-5-12(18)6-4-11)9-10-2-7-13(16)14(17)8-10/h2-8,15,19H,9H2,1H3. The molecule has 1 unspecified atom stereocenters. The smallest absolute Gasteiger partial charge is 0.0595 e. The van der Waals surface area contributed by atoms with Crippen molar-refractivity contribution >= 4 is 45.8 Å². The van der Waals surface area contributed by atoms with Gasteiger partial charge in [-0.3, -0.25) is 0 Å². The van der Waals surface area contributed by atoms with E-state index in [1.165, 1.54) is 14.7 Å². The van der Waals surface area contributed by atoms with Crippen LogP contribution in [0.3, 0.4) is 0 Å². The van der Waals surface area contributed by atoms with Crippen LogP contribution in [0.25, 0.3) is 0 Å². The van der Waals surface area contributed by atoms with Crippen molar-refractivity contribution in [3.05, 3.63) is 67.2 Å². The Kier molecular flexibility index (Phi) is 5.51. The van der Waals surface area contributed by atoms with E-state index in [0.717, 1.165) is 6.42 Å². The summed E-state index contributed by atoms with van der Waals surface area (Å²) in [5.74, 6) is 0. The van der Waals surface area contributed by atoms with Gasteiger partial charge in [-0.25, -0.2) is 0 Å². The summed E-state index contributed by atoms with van der Waals surface area (Å²) in [5.41, 5.74) is 2.45. The Hall–Kier alpha value is -0.290. The summed E-state index contributed by atoms with van der Waals surface area (Å²) in [6.07, 6.45) is 0.883. The van der Waals surface area contributed by atoms with Crippen LogP contribution in [-0.4, -0.2) is 7.05 Å². The number of rotatable bonds is 4. The number of benzene rings is 2. The summed E-state index contributed by atoms with van der Waals surface area (Å²) in [4.78, 5) is 0. The van der Waals surface area contributed by atoms with Gasteiger partial charge >= 0.3 is 0 Å². The minimum absolute atomic E-state index is 0.272. The second-order valence-electron chi connectivity index (χ2n) is 4.35. The summed E-state index contributed by atoms with van der Waals surface area (Å²) in [5, 5.41) is 4.55. The molecule has 1 nitrogen and oxygen atoms in total. The first-order valence-corrected chi connectivity index (χ1v) is 7.80. The minimum Gasteiger partial charge on any atom is -0.313 e. The van der Waals surface area contributed by atoms with Crippen molar-refractivity contribution in [2.75, 3.05) is 7.05 Å². The lowest BCUT2D eigenvalue weighted by molar-refractivity contribution is 0.592. The largest absolute Gasteiger partial charge is 0.313 e. The Labute approximate surface area is 137 Å². The fourth-order valence-electron chi connectivity index (χ4n) is 1.98. The maximum atomic E-state index is 6.05. The van der Waals surface area contributed by atoms with Crippen molar-refractivity contribution in [3.63, 3.8) is 0 Å². The third-order valence-corrected chi connectivity index (χ3v) is 4.50. The maximum Gasteiger partial charge on any atom is 0.0595 e. The molecule has 0 fully saturated rings. The lowest BCUT2D eigenvalue weighted by atomic mass is 9.99. The van der Waals surface area contributed by atoms with Crippen molar-refractivity contribution in [3.8, 4) is 0 Å². The van der Waals surface area contributed by atoms with E-state index in [1.54, 1.807) is 0 Å². The Morgan fingerprint density at radius 3 is 2.32 bits per heavy atom. The molecule has 4 heteroatoms. The molecule has 1 atom stereocenters. The topological polar surface area (TPSA) is 12.0 Å². The molecule has 2 aromatic carbocycles. The normalized spacial score (nSPS) is 12.4. The molecular weight excluding hydrogens is 392 g/mol. The van der Waals surface area contributed by atoms with E-state index in [4.69, 9.17) is 23.2 Å². The first-order chi connectivity index (χ1) is 9.10. The Morgan fingerprint density at radius 1 is 1.05 bits per heavy atom. The zero-order valence-electron chi connectivity index (χ0n) is 10.5. The molecule has 100 valence electrons. The minimum atomic E-state index is 0.272. The van der Waals surface area contributed by atoms with Crippen LogP contribution >= 0.6 is 45.8 Å². The molecule has 0 amide bonds. The quantitative estimate of drug-likeness (QED) is 0.697. The van der Waals surface area contributed by atoms with E-state index in [9.17, 15) is 0 Å². The van der Waals surface area contributed by atoms with Crippen LogP contribution < -0.4 is 5.32 Å². The van der Waals surface area contributed by atoms with Gasteiger partial charge in [0.1, 0.15) is 0 Å². The molecule has 2 rings (SSSR count). The maximum absolute atomic E-state index is 6.05. The molecule has 19 heavy (non-hydrogen) atoms. The third-order valence-electron chi connectivity index (χ3n) is 3.04. The van der Waals surface area contributed by atoms with E-state index >= 15 is 0 Å². The molecule has 0 aliphatic heterocycles. The van der Waals surface area contributed by atoms with Gasteiger partial charge in [0.2, 0.25) is 0 Å². The van der Waals surface area contributed by atoms with Crippen LogP contribution in [0.15, 0.2) is 42.5 Å². The molecule has 0 bridgehead atoms. The molecule has 0 aliphatic rings. The van der Waals surface area contributed by atoms with Crippen LogP contribution in [0.2, 0.25) is 10.0 Å². The summed E-state index contributed by atoms with van der Waals surface area (Å²) < 4.78 is 1.24. The van der Waals surface area contributed by atoms with E-state index in [2.05, 4.69) is 52.2 Å². The van der Waals surface area contributed by atoms with Gasteiger partial charge in [-0.15, -0.1) is 0 Å². The van der Waals surface area contributed by atoms with Crippen LogP contribution in [0, 0.1) is 3.57 Å². The van der Waals surface area contributed by atoms with Gasteiger partial charge in [0.25, 0.3) is 0 Å². The van der Waals surface area contributed by atoms with Crippen molar-refractivity contribution < 1.29 is 0 Å². The van der Waals surface area contributed by atoms with Crippen molar-refractivity contribution in [2.24, 2.45) is 0 Å². The Bertz CT molecular complexity index is 555. The molecule has 0 aromatic heterocycles. The lowest BCUT2D eigenvalue weighted by Crippen LogP contribution is -2.18. The molecule has 0 heterocycles. The van der Waals surface area contributed by atoms with Crippen molar-refractivity contribution in [1.82, 2.24) is 5.32 Å². The van der Waals surface area contributed by atoms with Gasteiger partial charge in [-0.2, -0.15) is 0 Å². The summed E-state index contributed by atoms with van der Waals surface area (Å²) in [7, 11) is 1.97. The third kappa shape index (κ3) is 4.09. The first kappa shape index (κ1) is 15.1. The molecular formula is C15H14Cl2IN. The van der Waals surface area contributed by atoms with Crippen LogP contribution in [0.4, 0.5) is 0 Å². The molecule has 0 spiro atoms. The van der Waals surface area contributed by atoms with Gasteiger partial charge < -0.3 is 5.32 Å². The molecule has 0 saturated carbocycles. The highest BCUT2D eigenvalue weighted by Gasteiger charge is 2.11. The molecule has 0 aliphatic carbocycles. The number of halogens is 3. The average Bonchev–Trinajstić information content (AvgIpc) is 2.41. The molecule has 1 N–H and O–H groups in total. The van der Waals surface area contributed by atoms with Gasteiger partial charge in [0.05, 0.1) is 10.0 Å². The van der Waals surface area contributed by atoms with E-state index < -0.39 is 0 Å².